The van der Waals surface area contributed by atoms with E-state index in [1.165, 1.54) is 5.69 Å². The van der Waals surface area contributed by atoms with Gasteiger partial charge in [0.05, 0.1) is 0 Å². The predicted octanol–water partition coefficient (Wildman–Crippen LogP) is 2.71. The fraction of sp³-hybridized carbons (Fsp3) is 0.524. The van der Waals surface area contributed by atoms with Crippen LogP contribution in [0.5, 0.6) is 0 Å². The fourth-order valence-corrected chi connectivity index (χ4v) is 3.83. The lowest BCUT2D eigenvalue weighted by molar-refractivity contribution is 0.0785. The van der Waals surface area contributed by atoms with Crippen molar-refractivity contribution >= 4 is 17.4 Å². The predicted molar refractivity (Wildman–Crippen MR) is 109 cm³/mol. The van der Waals surface area contributed by atoms with Crippen molar-refractivity contribution in [3.63, 3.8) is 0 Å². The van der Waals surface area contributed by atoms with E-state index < -0.39 is 0 Å². The molecule has 2 aliphatic rings. The Hall–Kier alpha value is -2.70. The van der Waals surface area contributed by atoms with Crippen LogP contribution in [0.3, 0.4) is 0 Å². The molecule has 1 amide bonds. The average molecular weight is 380 g/mol. The fourth-order valence-electron chi connectivity index (χ4n) is 3.83. The highest BCUT2D eigenvalue weighted by Crippen LogP contribution is 2.38. The molecule has 2 aromatic rings. The van der Waals surface area contributed by atoms with Crippen molar-refractivity contribution in [2.24, 2.45) is 5.92 Å². The summed E-state index contributed by atoms with van der Waals surface area (Å²) in [5.41, 5.74) is 7.68. The standard InChI is InChI=1S/C21H28N6O/c1-26(21(28)18-14-24-20(16-2-3-16)25-19(18)22)11-6-15-7-12-27(13-8-15)17-4-9-23-10-5-17/h4-5,9-10,14-16H,2-3,6-8,11-13H2,1H3,(H2,22,24,25). The van der Waals surface area contributed by atoms with Gasteiger partial charge in [-0.05, 0) is 50.2 Å². The molecule has 0 atom stereocenters. The van der Waals surface area contributed by atoms with Gasteiger partial charge in [-0.15, -0.1) is 0 Å². The highest BCUT2D eigenvalue weighted by atomic mass is 16.2. The molecule has 148 valence electrons. The Morgan fingerprint density at radius 3 is 2.57 bits per heavy atom. The van der Waals surface area contributed by atoms with Crippen molar-refractivity contribution in [3.05, 3.63) is 42.1 Å². The maximum Gasteiger partial charge on any atom is 0.258 e. The number of hydrogen-bond acceptors (Lipinski definition) is 6. The molecule has 7 heteroatoms. The summed E-state index contributed by atoms with van der Waals surface area (Å²) < 4.78 is 0. The maximum absolute atomic E-state index is 12.7. The summed E-state index contributed by atoms with van der Waals surface area (Å²) in [5, 5.41) is 0. The molecule has 1 saturated heterocycles. The molecule has 2 aromatic heterocycles. The van der Waals surface area contributed by atoms with Crippen molar-refractivity contribution in [2.75, 3.05) is 37.3 Å². The zero-order chi connectivity index (χ0) is 19.5. The van der Waals surface area contributed by atoms with Gasteiger partial charge in [-0.3, -0.25) is 9.78 Å². The second kappa shape index (κ2) is 8.12. The van der Waals surface area contributed by atoms with Crippen LogP contribution in [0.15, 0.2) is 30.7 Å². The summed E-state index contributed by atoms with van der Waals surface area (Å²) in [4.78, 5) is 29.6. The normalized spacial score (nSPS) is 17.5. The second-order valence-electron chi connectivity index (χ2n) is 7.95. The van der Waals surface area contributed by atoms with Gasteiger partial charge in [0.2, 0.25) is 0 Å². The number of nitrogen functional groups attached to an aromatic ring is 1. The first kappa shape index (κ1) is 18.7. The Labute approximate surface area is 166 Å². The van der Waals surface area contributed by atoms with E-state index in [0.29, 0.717) is 23.2 Å². The number of hydrogen-bond donors (Lipinski definition) is 1. The first-order valence-electron chi connectivity index (χ1n) is 10.1. The van der Waals surface area contributed by atoms with Crippen molar-refractivity contribution < 1.29 is 4.79 Å². The van der Waals surface area contributed by atoms with Crippen molar-refractivity contribution in [1.82, 2.24) is 19.9 Å². The molecule has 0 radical (unpaired) electrons. The highest BCUT2D eigenvalue weighted by Gasteiger charge is 2.28. The van der Waals surface area contributed by atoms with Crippen LogP contribution < -0.4 is 10.6 Å². The van der Waals surface area contributed by atoms with Crippen LogP contribution in [0, 0.1) is 5.92 Å². The summed E-state index contributed by atoms with van der Waals surface area (Å²) in [6.07, 6.45) is 10.8. The van der Waals surface area contributed by atoms with E-state index >= 15 is 0 Å². The number of aromatic nitrogens is 3. The summed E-state index contributed by atoms with van der Waals surface area (Å²) in [7, 11) is 1.84. The molecule has 2 N–H and O–H groups in total. The molecule has 28 heavy (non-hydrogen) atoms. The lowest BCUT2D eigenvalue weighted by Crippen LogP contribution is -2.36. The van der Waals surface area contributed by atoms with Gasteiger partial charge in [-0.25, -0.2) is 9.97 Å². The van der Waals surface area contributed by atoms with Gasteiger partial charge >= 0.3 is 0 Å². The zero-order valence-corrected chi connectivity index (χ0v) is 16.4. The Balaban J connectivity index is 1.26. The summed E-state index contributed by atoms with van der Waals surface area (Å²) in [5.74, 6) is 2.06. The van der Waals surface area contributed by atoms with Crippen LogP contribution in [0.4, 0.5) is 11.5 Å². The van der Waals surface area contributed by atoms with Crippen LogP contribution in [0.2, 0.25) is 0 Å². The molecule has 3 heterocycles. The average Bonchev–Trinajstić information content (AvgIpc) is 3.58. The maximum atomic E-state index is 12.7. The number of carbonyl (C=O) groups is 1. The number of rotatable bonds is 6. The summed E-state index contributed by atoms with van der Waals surface area (Å²) >= 11 is 0. The molecule has 0 aromatic carbocycles. The Morgan fingerprint density at radius 1 is 1.21 bits per heavy atom. The minimum atomic E-state index is -0.0888. The van der Waals surface area contributed by atoms with E-state index in [1.807, 2.05) is 19.4 Å². The van der Waals surface area contributed by atoms with Crippen molar-refractivity contribution in [1.29, 1.82) is 0 Å². The van der Waals surface area contributed by atoms with Gasteiger partial charge in [-0.2, -0.15) is 0 Å². The number of piperidine rings is 1. The first-order chi connectivity index (χ1) is 13.6. The van der Waals surface area contributed by atoms with Gasteiger partial charge in [-0.1, -0.05) is 0 Å². The van der Waals surface area contributed by atoms with Crippen LogP contribution in [-0.2, 0) is 0 Å². The second-order valence-corrected chi connectivity index (χ2v) is 7.95. The Morgan fingerprint density at radius 2 is 1.93 bits per heavy atom. The van der Waals surface area contributed by atoms with Crippen molar-refractivity contribution in [2.45, 2.75) is 38.0 Å². The minimum Gasteiger partial charge on any atom is -0.383 e. The van der Waals surface area contributed by atoms with Crippen LogP contribution in [-0.4, -0.2) is 52.4 Å². The molecule has 7 nitrogen and oxygen atoms in total. The van der Waals surface area contributed by atoms with E-state index in [-0.39, 0.29) is 5.91 Å². The molecule has 0 bridgehead atoms. The third-order valence-corrected chi connectivity index (χ3v) is 5.87. The van der Waals surface area contributed by atoms with Gasteiger partial charge in [0, 0.05) is 56.9 Å². The molecule has 1 aliphatic carbocycles. The van der Waals surface area contributed by atoms with Gasteiger partial charge in [0.1, 0.15) is 17.2 Å². The Kier molecular flexibility index (Phi) is 5.41. The lowest BCUT2D eigenvalue weighted by atomic mass is 9.93. The molecule has 0 spiro atoms. The first-order valence-corrected chi connectivity index (χ1v) is 10.1. The third-order valence-electron chi connectivity index (χ3n) is 5.87. The molecular weight excluding hydrogens is 352 g/mol. The number of nitrogens with zero attached hydrogens (tertiary/aromatic N) is 5. The van der Waals surface area contributed by atoms with Crippen molar-refractivity contribution in [3.8, 4) is 0 Å². The Bertz CT molecular complexity index is 815. The monoisotopic (exact) mass is 380 g/mol. The molecule has 0 unspecified atom stereocenters. The molecule has 1 aliphatic heterocycles. The largest absolute Gasteiger partial charge is 0.383 e. The smallest absolute Gasteiger partial charge is 0.258 e. The van der Waals surface area contributed by atoms with E-state index in [1.54, 1.807) is 11.1 Å². The summed E-state index contributed by atoms with van der Waals surface area (Å²) in [6, 6.07) is 4.13. The van der Waals surface area contributed by atoms with E-state index in [4.69, 9.17) is 5.73 Å². The van der Waals surface area contributed by atoms with Gasteiger partial charge in [0.15, 0.2) is 0 Å². The number of anilines is 2. The number of pyridine rings is 1. The minimum absolute atomic E-state index is 0.0888. The van der Waals surface area contributed by atoms with Gasteiger partial charge in [0.25, 0.3) is 5.91 Å². The summed E-state index contributed by atoms with van der Waals surface area (Å²) in [6.45, 7) is 2.83. The molecule has 1 saturated carbocycles. The highest BCUT2D eigenvalue weighted by molar-refractivity contribution is 5.97. The lowest BCUT2D eigenvalue weighted by Gasteiger charge is -2.34. The molecular formula is C21H28N6O. The van der Waals surface area contributed by atoms with Crippen LogP contribution in [0.1, 0.15) is 54.2 Å². The van der Waals surface area contributed by atoms with E-state index in [0.717, 1.165) is 57.6 Å². The topological polar surface area (TPSA) is 88.2 Å². The number of amides is 1. The molecule has 2 fully saturated rings. The van der Waals surface area contributed by atoms with Crippen LogP contribution in [0.25, 0.3) is 0 Å². The van der Waals surface area contributed by atoms with Crippen LogP contribution >= 0.6 is 0 Å². The van der Waals surface area contributed by atoms with E-state index in [9.17, 15) is 4.79 Å². The number of nitrogens with two attached hydrogens (primary N) is 1. The number of carbonyl (C=O) groups excluding carboxylic acids is 1. The van der Waals surface area contributed by atoms with E-state index in [2.05, 4.69) is 32.0 Å². The third kappa shape index (κ3) is 4.24. The SMILES string of the molecule is CN(CCC1CCN(c2ccncc2)CC1)C(=O)c1cnc(C2CC2)nc1N. The molecule has 4 rings (SSSR count). The van der Waals surface area contributed by atoms with Gasteiger partial charge < -0.3 is 15.5 Å². The quantitative estimate of drug-likeness (QED) is 0.829. The zero-order valence-electron chi connectivity index (χ0n) is 16.4.